The summed E-state index contributed by atoms with van der Waals surface area (Å²) in [7, 11) is 0. The highest BCUT2D eigenvalue weighted by molar-refractivity contribution is 5.88. The first kappa shape index (κ1) is 71.6. The van der Waals surface area contributed by atoms with E-state index >= 15 is 4.79 Å². The lowest BCUT2D eigenvalue weighted by Crippen LogP contribution is -2.65. The zero-order chi connectivity index (χ0) is 65.5. The number of ether oxygens (including phenoxy) is 10. The third-order valence-electron chi connectivity index (χ3n) is 23.0. The molecule has 3 saturated carbocycles. The van der Waals surface area contributed by atoms with Crippen LogP contribution in [0.1, 0.15) is 114 Å². The predicted molar refractivity (Wildman–Crippen MR) is 302 cm³/mol. The molecule has 0 bridgehead atoms. The lowest BCUT2D eigenvalue weighted by atomic mass is 9.38. The van der Waals surface area contributed by atoms with Crippen molar-refractivity contribution < 1.29 is 139 Å². The van der Waals surface area contributed by atoms with Gasteiger partial charge in [-0.1, -0.05) is 60.1 Å². The molecule has 28 heteroatoms. The number of rotatable bonds is 20. The molecular weight excluding hydrogens is 1180 g/mol. The first-order chi connectivity index (χ1) is 41.7. The van der Waals surface area contributed by atoms with Crippen molar-refractivity contribution >= 4 is 5.78 Å². The molecule has 5 saturated heterocycles. The number of Topliss-reactive ketones (excluding diaryl/α,β-unsaturated/α-hetero) is 1. The number of carbonyl (C=O) groups is 1. The Hall–Kier alpha value is -1.67. The Morgan fingerprint density at radius 1 is 0.562 bits per heavy atom. The van der Waals surface area contributed by atoms with E-state index < -0.39 is 220 Å². The van der Waals surface area contributed by atoms with Gasteiger partial charge in [0.15, 0.2) is 31.5 Å². The van der Waals surface area contributed by atoms with Gasteiger partial charge in [-0.05, 0) is 93.3 Å². The normalized spacial score (nSPS) is 51.0. The molecule has 5 aliphatic heterocycles. The fraction of sp³-hybridized carbons (Fsp3) is 0.951. The molecule has 9 rings (SSSR count). The van der Waals surface area contributed by atoms with Gasteiger partial charge in [0.25, 0.3) is 0 Å². The maximum atomic E-state index is 15.4. The van der Waals surface area contributed by atoms with Crippen LogP contribution in [0.5, 0.6) is 0 Å². The zero-order valence-electron chi connectivity index (χ0n) is 52.3. The lowest BCUT2D eigenvalue weighted by molar-refractivity contribution is -0.380. The summed E-state index contributed by atoms with van der Waals surface area (Å²) < 4.78 is 59.9. The minimum Gasteiger partial charge on any atom is -0.394 e. The molecular formula is C61H102O28. The van der Waals surface area contributed by atoms with Crippen LogP contribution in [0.2, 0.25) is 0 Å². The standard InChI is InChI=1S/C61H102O28/c1-24(10-14-37(58(5,6)79)87-56-51(89-55-48(77)44(73)41(70)31(21-64)83-55)45(74)42(71)33(85-56)23-80-52-39(68)25(2)38(67)29(19-62)81-52)26-16-17-59(7)34-13-11-27-28(61(34,9)35(66)18-60(26,59)8)12-15-36(57(27,3)4)86-53-49(78)46(75)50(32(22-65)84-53)88-54-47(76)43(72)40(69)30(20-63)82-54/h11,24-26,28-34,36-56,62-65,67-79H,10,12-23H2,1-9H3/t24-,25+,26?,28?,29-,30-,31+,32-,33-,34?,36+,37-,38+,39-,40-,41+,42-,43+,44-,45+,46-,47-,48+,49-,50-,51-,52-,53+,54+,55-,56+,59+,60-,61+/m1/s1. The van der Waals surface area contributed by atoms with E-state index in [1.54, 1.807) is 0 Å². The fourth-order valence-electron chi connectivity index (χ4n) is 17.0. The molecule has 514 valence electrons. The predicted octanol–water partition coefficient (Wildman–Crippen LogP) is -3.92. The van der Waals surface area contributed by atoms with Crippen LogP contribution in [0.15, 0.2) is 11.6 Å². The van der Waals surface area contributed by atoms with Gasteiger partial charge < -0.3 is 134 Å². The fourth-order valence-corrected chi connectivity index (χ4v) is 17.0. The zero-order valence-corrected chi connectivity index (χ0v) is 52.3. The van der Waals surface area contributed by atoms with E-state index in [-0.39, 0.29) is 41.3 Å². The molecule has 34 atom stereocenters. The van der Waals surface area contributed by atoms with E-state index in [4.69, 9.17) is 47.4 Å². The van der Waals surface area contributed by atoms with Gasteiger partial charge in [0.2, 0.25) is 0 Å². The molecule has 0 aromatic carbocycles. The highest BCUT2D eigenvalue weighted by Crippen LogP contribution is 2.74. The van der Waals surface area contributed by atoms with Crippen molar-refractivity contribution in [3.05, 3.63) is 11.6 Å². The van der Waals surface area contributed by atoms with Crippen LogP contribution in [-0.4, -0.2) is 291 Å². The maximum absolute atomic E-state index is 15.4. The quantitative estimate of drug-likeness (QED) is 0.0518. The summed E-state index contributed by atoms with van der Waals surface area (Å²) in [5.74, 6) is -0.913. The highest BCUT2D eigenvalue weighted by Gasteiger charge is 2.71. The molecule has 4 aliphatic carbocycles. The molecule has 17 N–H and O–H groups in total. The molecule has 0 radical (unpaired) electrons. The Morgan fingerprint density at radius 2 is 1.06 bits per heavy atom. The number of aliphatic hydroxyl groups excluding tert-OH is 16. The summed E-state index contributed by atoms with van der Waals surface area (Å²) in [5, 5.41) is 183. The minimum absolute atomic E-state index is 0.0231. The molecule has 0 aromatic heterocycles. The smallest absolute Gasteiger partial charge is 0.187 e. The molecule has 9 aliphatic rings. The van der Waals surface area contributed by atoms with Gasteiger partial charge in [-0.15, -0.1) is 0 Å². The highest BCUT2D eigenvalue weighted by atomic mass is 16.8. The van der Waals surface area contributed by atoms with Gasteiger partial charge in [0.1, 0.15) is 116 Å². The number of hydrogen-bond acceptors (Lipinski definition) is 28. The van der Waals surface area contributed by atoms with Crippen LogP contribution in [0.4, 0.5) is 0 Å². The van der Waals surface area contributed by atoms with E-state index in [1.807, 2.05) is 13.8 Å². The molecule has 0 spiro atoms. The van der Waals surface area contributed by atoms with Crippen molar-refractivity contribution in [3.8, 4) is 0 Å². The van der Waals surface area contributed by atoms with Crippen molar-refractivity contribution in [1.29, 1.82) is 0 Å². The molecule has 3 unspecified atom stereocenters. The van der Waals surface area contributed by atoms with Crippen LogP contribution in [0.25, 0.3) is 0 Å². The second kappa shape index (κ2) is 27.4. The second-order valence-electron chi connectivity index (χ2n) is 28.8. The van der Waals surface area contributed by atoms with Gasteiger partial charge in [-0.2, -0.15) is 0 Å². The van der Waals surface area contributed by atoms with Crippen molar-refractivity contribution in [1.82, 2.24) is 0 Å². The minimum atomic E-state index is -1.93. The summed E-state index contributed by atoms with van der Waals surface area (Å²) in [6.07, 6.45) is -33.9. The third kappa shape index (κ3) is 12.9. The number of allylic oxidation sites excluding steroid dienone is 1. The molecule has 0 aromatic rings. The van der Waals surface area contributed by atoms with Gasteiger partial charge in [0, 0.05) is 23.2 Å². The first-order valence-electron chi connectivity index (χ1n) is 31.7. The Labute approximate surface area is 518 Å². The maximum Gasteiger partial charge on any atom is 0.187 e. The molecule has 89 heavy (non-hydrogen) atoms. The Balaban J connectivity index is 0.885. The Morgan fingerprint density at radius 3 is 1.63 bits per heavy atom. The number of aliphatic hydroxyl groups is 17. The van der Waals surface area contributed by atoms with Crippen LogP contribution in [0.3, 0.4) is 0 Å². The molecule has 0 amide bonds. The van der Waals surface area contributed by atoms with Crippen LogP contribution < -0.4 is 0 Å². The van der Waals surface area contributed by atoms with E-state index in [0.29, 0.717) is 32.1 Å². The summed E-state index contributed by atoms with van der Waals surface area (Å²) in [5.41, 5.74) is -2.87. The van der Waals surface area contributed by atoms with Gasteiger partial charge >= 0.3 is 0 Å². The summed E-state index contributed by atoms with van der Waals surface area (Å²) >= 11 is 0. The second-order valence-corrected chi connectivity index (χ2v) is 28.8. The molecule has 5 heterocycles. The summed E-state index contributed by atoms with van der Waals surface area (Å²) in [6, 6.07) is 0. The Bertz CT molecular complexity index is 2390. The number of fused-ring (bicyclic) bond motifs is 5. The van der Waals surface area contributed by atoms with Crippen LogP contribution in [0, 0.1) is 51.2 Å². The van der Waals surface area contributed by atoms with E-state index in [9.17, 15) is 86.8 Å². The SMILES string of the molecule is C[C@@H]1[C@@H](O)[C@H](OC[C@H]2O[C@@H](O[C@H](CC[C@@H](C)C3CC[C@@]4(C)C5CC=C6C(CC[C@H](O[C@@H]7O[C@H](CO)[C@@H](O[C@@H]8O[C@H](CO)[C@@H](O)[C@H](O)[C@H]8O)[C@H](O)[C@H]7O)C6(C)C)[C@]5(C)C(=O)C[C@]34C)C(C)(C)O)[C@H](O[C@H]3O[C@@H](CO)[C@H](O)[C@@H](O)[C@@H]3O)[C@@H](O)[C@@H]2O)O[C@H](CO)[C@H]1O. The van der Waals surface area contributed by atoms with Crippen molar-refractivity contribution in [2.75, 3.05) is 33.0 Å². The van der Waals surface area contributed by atoms with Gasteiger partial charge in [-0.25, -0.2) is 0 Å². The average Bonchev–Trinajstić information content (AvgIpc) is 1.66. The molecule has 28 nitrogen and oxygen atoms in total. The topological polar surface area (TPSA) is 453 Å². The number of carbonyl (C=O) groups excluding carboxylic acids is 1. The van der Waals surface area contributed by atoms with Crippen LogP contribution >= 0.6 is 0 Å². The van der Waals surface area contributed by atoms with E-state index in [0.717, 1.165) is 18.4 Å². The van der Waals surface area contributed by atoms with Gasteiger partial charge in [0.05, 0.1) is 56.9 Å². The summed E-state index contributed by atoms with van der Waals surface area (Å²) in [6.45, 7) is 13.9. The average molecular weight is 1280 g/mol. The van der Waals surface area contributed by atoms with Crippen LogP contribution in [-0.2, 0) is 52.2 Å². The van der Waals surface area contributed by atoms with Crippen molar-refractivity contribution in [2.45, 2.75) is 279 Å². The lowest BCUT2D eigenvalue weighted by Gasteiger charge is -2.65. The summed E-state index contributed by atoms with van der Waals surface area (Å²) in [4.78, 5) is 15.4. The number of hydrogen-bond donors (Lipinski definition) is 17. The third-order valence-corrected chi connectivity index (χ3v) is 23.0. The monoisotopic (exact) mass is 1280 g/mol. The van der Waals surface area contributed by atoms with E-state index in [2.05, 4.69) is 33.8 Å². The number of ketones is 1. The first-order valence-corrected chi connectivity index (χ1v) is 31.7. The molecule has 8 fully saturated rings. The van der Waals surface area contributed by atoms with Gasteiger partial charge in [-0.3, -0.25) is 4.79 Å². The van der Waals surface area contributed by atoms with Crippen molar-refractivity contribution in [2.24, 2.45) is 51.2 Å². The van der Waals surface area contributed by atoms with E-state index in [1.165, 1.54) is 20.8 Å². The van der Waals surface area contributed by atoms with Crippen molar-refractivity contribution in [3.63, 3.8) is 0 Å². The Kier molecular flexibility index (Phi) is 22.1. The largest absolute Gasteiger partial charge is 0.394 e.